The maximum Gasteiger partial charge on any atom is 0.235 e. The molecule has 3 rings (SSSR count). The van der Waals surface area contributed by atoms with Gasteiger partial charge in [0.1, 0.15) is 0 Å². The molecule has 1 aliphatic rings. The maximum atomic E-state index is 4.43. The van der Waals surface area contributed by atoms with E-state index in [9.17, 15) is 0 Å². The molecule has 2 aromatic rings. The number of anilines is 1. The van der Waals surface area contributed by atoms with E-state index in [1.165, 1.54) is 0 Å². The molecule has 0 amide bonds. The fraction of sp³-hybridized carbons (Fsp3) is 0.111. The molecule has 0 saturated heterocycles. The summed E-state index contributed by atoms with van der Waals surface area (Å²) >= 11 is 1.63. The van der Waals surface area contributed by atoms with E-state index in [0.29, 0.717) is 0 Å². The maximum absolute atomic E-state index is 4.43. The Kier molecular flexibility index (Phi) is 1.70. The van der Waals surface area contributed by atoms with Crippen LogP contribution in [0.3, 0.4) is 0 Å². The molecule has 1 aromatic heterocycles. The fourth-order valence-corrected chi connectivity index (χ4v) is 2.01. The summed E-state index contributed by atoms with van der Waals surface area (Å²) in [5.41, 5.74) is 2.02. The predicted molar refractivity (Wildman–Crippen MR) is 59.5 cm³/mol. The number of aromatic nitrogens is 2. The van der Waals surface area contributed by atoms with Crippen molar-refractivity contribution in [3.05, 3.63) is 24.3 Å². The van der Waals surface area contributed by atoms with E-state index in [-0.39, 0.29) is 0 Å². The second-order valence-corrected chi connectivity index (χ2v) is 3.88. The van der Waals surface area contributed by atoms with E-state index in [2.05, 4.69) is 15.1 Å². The average molecular weight is 204 g/mol. The largest absolute Gasteiger partial charge is 0.322 e. The molecule has 0 radical (unpaired) electrons. The zero-order valence-electron chi connectivity index (χ0n) is 7.34. The third-order valence-electron chi connectivity index (χ3n) is 2.02. The van der Waals surface area contributed by atoms with Crippen LogP contribution in [0.1, 0.15) is 0 Å². The van der Waals surface area contributed by atoms with Crippen molar-refractivity contribution in [2.24, 2.45) is 5.10 Å². The zero-order valence-corrected chi connectivity index (χ0v) is 8.16. The van der Waals surface area contributed by atoms with Crippen LogP contribution in [0.25, 0.3) is 11.0 Å². The molecule has 0 unspecified atom stereocenters. The Labute approximate surface area is 85.1 Å². The van der Waals surface area contributed by atoms with Crippen LogP contribution in [0.4, 0.5) is 5.95 Å². The average Bonchev–Trinajstić information content (AvgIpc) is 2.86. The number of hydrogen-bond donors (Lipinski definition) is 1. The van der Waals surface area contributed by atoms with E-state index >= 15 is 0 Å². The van der Waals surface area contributed by atoms with Crippen LogP contribution in [0.15, 0.2) is 29.4 Å². The van der Waals surface area contributed by atoms with Crippen molar-refractivity contribution in [2.45, 2.75) is 0 Å². The van der Waals surface area contributed by atoms with Crippen molar-refractivity contribution >= 4 is 35.1 Å². The Bertz CT molecular complexity index is 457. The number of fused-ring (bicyclic) bond motifs is 1. The Hall–Kier alpha value is -1.49. The summed E-state index contributed by atoms with van der Waals surface area (Å²) in [5, 5.41) is 4.18. The first kappa shape index (κ1) is 7.87. The predicted octanol–water partition coefficient (Wildman–Crippen LogP) is 2.02. The first-order chi connectivity index (χ1) is 6.93. The normalized spacial score (nSPS) is 15.6. The number of benzene rings is 1. The summed E-state index contributed by atoms with van der Waals surface area (Å²) < 4.78 is 1.81. The second kappa shape index (κ2) is 3.02. The number of hydrazone groups is 1. The van der Waals surface area contributed by atoms with Gasteiger partial charge in [-0.2, -0.15) is 9.52 Å². The molecule has 0 aliphatic carbocycles. The molecule has 0 saturated carbocycles. The number of H-pyrrole nitrogens is 1. The van der Waals surface area contributed by atoms with Gasteiger partial charge in [0.25, 0.3) is 0 Å². The lowest BCUT2D eigenvalue weighted by atomic mass is 10.3. The van der Waals surface area contributed by atoms with Crippen LogP contribution < -0.4 is 4.41 Å². The molecule has 0 atom stereocenters. The highest BCUT2D eigenvalue weighted by atomic mass is 32.2. The number of nitrogens with one attached hydrogen (secondary N) is 1. The van der Waals surface area contributed by atoms with Gasteiger partial charge in [-0.15, -0.1) is 0 Å². The Morgan fingerprint density at radius 3 is 3.07 bits per heavy atom. The molecular formula is C9H8N4S. The van der Waals surface area contributed by atoms with E-state index in [1.807, 2.05) is 30.5 Å². The quantitative estimate of drug-likeness (QED) is 0.723. The van der Waals surface area contributed by atoms with Gasteiger partial charge >= 0.3 is 0 Å². The van der Waals surface area contributed by atoms with Crippen molar-refractivity contribution in [2.75, 3.05) is 10.2 Å². The lowest BCUT2D eigenvalue weighted by molar-refractivity contribution is 1.13. The summed E-state index contributed by atoms with van der Waals surface area (Å²) in [5.74, 6) is 1.71. The third kappa shape index (κ3) is 1.17. The molecule has 0 spiro atoms. The van der Waals surface area contributed by atoms with Gasteiger partial charge in [0.15, 0.2) is 0 Å². The topological polar surface area (TPSA) is 44.3 Å². The van der Waals surface area contributed by atoms with Gasteiger partial charge in [0.2, 0.25) is 5.95 Å². The summed E-state index contributed by atoms with van der Waals surface area (Å²) in [6, 6.07) is 7.97. The van der Waals surface area contributed by atoms with Gasteiger partial charge in [-0.05, 0) is 24.1 Å². The van der Waals surface area contributed by atoms with Crippen molar-refractivity contribution < 1.29 is 0 Å². The molecule has 1 N–H and O–H groups in total. The lowest BCUT2D eigenvalue weighted by Gasteiger charge is -2.05. The smallest absolute Gasteiger partial charge is 0.235 e. The van der Waals surface area contributed by atoms with E-state index in [4.69, 9.17) is 0 Å². The van der Waals surface area contributed by atoms with Crippen molar-refractivity contribution in [1.82, 2.24) is 9.97 Å². The molecule has 70 valence electrons. The molecule has 0 bridgehead atoms. The minimum Gasteiger partial charge on any atom is -0.322 e. The summed E-state index contributed by atoms with van der Waals surface area (Å²) in [4.78, 5) is 7.65. The number of imidazole rings is 1. The van der Waals surface area contributed by atoms with Crippen LogP contribution in [-0.4, -0.2) is 21.9 Å². The number of hydrogen-bond acceptors (Lipinski definition) is 4. The van der Waals surface area contributed by atoms with Crippen molar-refractivity contribution in [3.8, 4) is 0 Å². The zero-order chi connectivity index (χ0) is 9.38. The van der Waals surface area contributed by atoms with Gasteiger partial charge < -0.3 is 4.98 Å². The van der Waals surface area contributed by atoms with Gasteiger partial charge in [-0.1, -0.05) is 12.1 Å². The minimum absolute atomic E-state index is 0.796. The lowest BCUT2D eigenvalue weighted by Crippen LogP contribution is -2.02. The third-order valence-corrected chi connectivity index (χ3v) is 2.83. The SMILES string of the molecule is C1=NN(c2nc3ccccc3[nH]2)SC1. The molecule has 2 heterocycles. The summed E-state index contributed by atoms with van der Waals surface area (Å²) in [6.45, 7) is 0. The monoisotopic (exact) mass is 204 g/mol. The van der Waals surface area contributed by atoms with E-state index in [0.717, 1.165) is 22.7 Å². The van der Waals surface area contributed by atoms with Crippen molar-refractivity contribution in [1.29, 1.82) is 0 Å². The molecule has 1 aliphatic heterocycles. The number of aromatic amines is 1. The Morgan fingerprint density at radius 2 is 2.29 bits per heavy atom. The highest BCUT2D eigenvalue weighted by molar-refractivity contribution is 8.01. The Balaban J connectivity index is 2.09. The highest BCUT2D eigenvalue weighted by Gasteiger charge is 2.13. The van der Waals surface area contributed by atoms with Gasteiger partial charge in [0.05, 0.1) is 16.8 Å². The van der Waals surface area contributed by atoms with Crippen molar-refractivity contribution in [3.63, 3.8) is 0 Å². The fourth-order valence-electron chi connectivity index (χ4n) is 1.39. The Morgan fingerprint density at radius 1 is 1.36 bits per heavy atom. The van der Waals surface area contributed by atoms with Gasteiger partial charge in [-0.3, -0.25) is 0 Å². The molecule has 14 heavy (non-hydrogen) atoms. The van der Waals surface area contributed by atoms with Crippen LogP contribution in [0, 0.1) is 0 Å². The minimum atomic E-state index is 0.796. The molecule has 5 heteroatoms. The first-order valence-electron chi connectivity index (χ1n) is 4.34. The molecular weight excluding hydrogens is 196 g/mol. The number of nitrogens with zero attached hydrogens (tertiary/aromatic N) is 3. The van der Waals surface area contributed by atoms with Crippen LogP contribution >= 0.6 is 11.9 Å². The van der Waals surface area contributed by atoms with Gasteiger partial charge in [0, 0.05) is 6.21 Å². The van der Waals surface area contributed by atoms with E-state index < -0.39 is 0 Å². The van der Waals surface area contributed by atoms with Crippen LogP contribution in [0.5, 0.6) is 0 Å². The number of rotatable bonds is 1. The van der Waals surface area contributed by atoms with Gasteiger partial charge in [-0.25, -0.2) is 4.98 Å². The number of para-hydroxylation sites is 2. The second-order valence-electron chi connectivity index (χ2n) is 2.94. The summed E-state index contributed by atoms with van der Waals surface area (Å²) in [7, 11) is 0. The van der Waals surface area contributed by atoms with Crippen LogP contribution in [-0.2, 0) is 0 Å². The molecule has 1 aromatic carbocycles. The van der Waals surface area contributed by atoms with E-state index in [1.54, 1.807) is 16.4 Å². The summed E-state index contributed by atoms with van der Waals surface area (Å²) in [6.07, 6.45) is 1.87. The standard InChI is InChI=1S/C9H8N4S/c1-2-4-8-7(3-1)11-9(12-8)13-10-5-6-14-13/h1-5H,6H2,(H,11,12). The molecule has 0 fully saturated rings. The molecule has 4 nitrogen and oxygen atoms in total. The van der Waals surface area contributed by atoms with Crippen LogP contribution in [0.2, 0.25) is 0 Å². The first-order valence-corrected chi connectivity index (χ1v) is 5.28. The highest BCUT2D eigenvalue weighted by Crippen LogP contribution is 2.24.